The van der Waals surface area contributed by atoms with Crippen molar-refractivity contribution in [2.45, 2.75) is 39.3 Å². The first kappa shape index (κ1) is 15.2. The van der Waals surface area contributed by atoms with Crippen molar-refractivity contribution >= 4 is 8.32 Å². The molecule has 1 saturated heterocycles. The number of rotatable bonds is 6. The zero-order valence-corrected chi connectivity index (χ0v) is 13.1. The first-order valence-electron chi connectivity index (χ1n) is 6.76. The summed E-state index contributed by atoms with van der Waals surface area (Å²) in [6.45, 7) is 9.48. The standard InChI is InChI=1S/C13H28NO2Si/c1-6-12-8-7-10-15-13(12)17(4,5)16-11-9-14(2)3/h12H,6-11H2,1-5H3. The summed E-state index contributed by atoms with van der Waals surface area (Å²) in [5, 5.41) is 0. The number of hydrogen-bond acceptors (Lipinski definition) is 3. The molecule has 1 radical (unpaired) electrons. The van der Waals surface area contributed by atoms with E-state index in [2.05, 4.69) is 39.0 Å². The van der Waals surface area contributed by atoms with Gasteiger partial charge in [-0.3, -0.25) is 0 Å². The van der Waals surface area contributed by atoms with Crippen LogP contribution in [0.2, 0.25) is 13.1 Å². The average Bonchev–Trinajstić information content (AvgIpc) is 2.28. The largest absolute Gasteiger partial charge is 0.413 e. The van der Waals surface area contributed by atoms with Crippen molar-refractivity contribution < 1.29 is 9.16 Å². The second-order valence-corrected chi connectivity index (χ2v) is 9.42. The smallest absolute Gasteiger partial charge is 0.222 e. The van der Waals surface area contributed by atoms with E-state index in [9.17, 15) is 0 Å². The van der Waals surface area contributed by atoms with Crippen molar-refractivity contribution in [3.05, 3.63) is 5.73 Å². The molecule has 1 fully saturated rings. The molecule has 0 aromatic heterocycles. The molecule has 0 bridgehead atoms. The summed E-state index contributed by atoms with van der Waals surface area (Å²) in [6, 6.07) is 0. The molecule has 0 aromatic carbocycles. The van der Waals surface area contributed by atoms with Crippen molar-refractivity contribution in [2.24, 2.45) is 5.92 Å². The molecule has 101 valence electrons. The van der Waals surface area contributed by atoms with Crippen LogP contribution in [0.5, 0.6) is 0 Å². The molecule has 0 aliphatic carbocycles. The third kappa shape index (κ3) is 4.70. The van der Waals surface area contributed by atoms with Gasteiger partial charge in [-0.15, -0.1) is 0 Å². The van der Waals surface area contributed by atoms with E-state index in [1.165, 1.54) is 25.0 Å². The normalized spacial score (nSPS) is 23.3. The summed E-state index contributed by atoms with van der Waals surface area (Å²) >= 11 is 0. The average molecular weight is 258 g/mol. The van der Waals surface area contributed by atoms with E-state index in [-0.39, 0.29) is 0 Å². The minimum Gasteiger partial charge on any atom is -0.413 e. The SMILES string of the molecule is CCC1CCCO[C]1[Si](C)(C)OCCN(C)C. The molecule has 1 atom stereocenters. The molecule has 0 spiro atoms. The first-order chi connectivity index (χ1) is 7.97. The molecule has 0 N–H and O–H groups in total. The molecule has 1 rings (SSSR count). The highest BCUT2D eigenvalue weighted by Gasteiger charge is 2.42. The zero-order chi connectivity index (χ0) is 12.9. The fourth-order valence-corrected chi connectivity index (χ4v) is 4.90. The maximum atomic E-state index is 6.15. The predicted octanol–water partition coefficient (Wildman–Crippen LogP) is 2.68. The topological polar surface area (TPSA) is 21.7 Å². The minimum atomic E-state index is -1.79. The van der Waals surface area contributed by atoms with Gasteiger partial charge < -0.3 is 14.1 Å². The van der Waals surface area contributed by atoms with Gasteiger partial charge in [0.25, 0.3) is 0 Å². The maximum Gasteiger partial charge on any atom is 0.222 e. The fraction of sp³-hybridized carbons (Fsp3) is 0.923. The van der Waals surface area contributed by atoms with Crippen LogP contribution in [0.1, 0.15) is 26.2 Å². The number of likely N-dealkylation sites (N-methyl/N-ethyl adjacent to an activating group) is 1. The molecule has 4 heteroatoms. The van der Waals surface area contributed by atoms with Crippen LogP contribution in [0.25, 0.3) is 0 Å². The Bertz CT molecular complexity index is 221. The number of hydrogen-bond donors (Lipinski definition) is 0. The molecule has 3 nitrogen and oxygen atoms in total. The molecule has 0 aromatic rings. The van der Waals surface area contributed by atoms with E-state index < -0.39 is 8.32 Å². The molecule has 1 heterocycles. The van der Waals surface area contributed by atoms with Crippen LogP contribution in [-0.2, 0) is 9.16 Å². The van der Waals surface area contributed by atoms with Gasteiger partial charge in [0.1, 0.15) is 5.73 Å². The second kappa shape index (κ2) is 6.88. The van der Waals surface area contributed by atoms with Gasteiger partial charge in [0.15, 0.2) is 0 Å². The van der Waals surface area contributed by atoms with E-state index in [4.69, 9.17) is 9.16 Å². The van der Waals surface area contributed by atoms with E-state index in [0.717, 1.165) is 19.8 Å². The lowest BCUT2D eigenvalue weighted by Crippen LogP contribution is -2.47. The van der Waals surface area contributed by atoms with E-state index in [1.54, 1.807) is 0 Å². The fourth-order valence-electron chi connectivity index (χ4n) is 2.37. The maximum absolute atomic E-state index is 6.15. The Labute approximate surface area is 108 Å². The minimum absolute atomic E-state index is 0.629. The van der Waals surface area contributed by atoms with Gasteiger partial charge in [-0.2, -0.15) is 0 Å². The van der Waals surface area contributed by atoms with Crippen molar-refractivity contribution in [1.29, 1.82) is 0 Å². The Morgan fingerprint density at radius 2 is 2.12 bits per heavy atom. The van der Waals surface area contributed by atoms with Crippen LogP contribution in [0, 0.1) is 11.6 Å². The Morgan fingerprint density at radius 1 is 1.41 bits per heavy atom. The monoisotopic (exact) mass is 258 g/mol. The van der Waals surface area contributed by atoms with Gasteiger partial charge in [-0.05, 0) is 45.9 Å². The number of ether oxygens (including phenoxy) is 1. The molecule has 1 aliphatic heterocycles. The van der Waals surface area contributed by atoms with Gasteiger partial charge >= 0.3 is 0 Å². The van der Waals surface area contributed by atoms with Gasteiger partial charge in [0.05, 0.1) is 0 Å². The summed E-state index contributed by atoms with van der Waals surface area (Å²) in [5.41, 5.74) is 1.30. The molecule has 17 heavy (non-hydrogen) atoms. The molecule has 0 saturated carbocycles. The highest BCUT2D eigenvalue weighted by Crippen LogP contribution is 2.36. The lowest BCUT2D eigenvalue weighted by atomic mass is 9.99. The van der Waals surface area contributed by atoms with Crippen molar-refractivity contribution in [1.82, 2.24) is 4.90 Å². The Hall–Kier alpha value is 0.0969. The summed E-state index contributed by atoms with van der Waals surface area (Å²) < 4.78 is 12.1. The van der Waals surface area contributed by atoms with E-state index in [0.29, 0.717) is 5.92 Å². The lowest BCUT2D eigenvalue weighted by molar-refractivity contribution is 0.0756. The molecule has 1 aliphatic rings. The van der Waals surface area contributed by atoms with Gasteiger partial charge in [0, 0.05) is 19.8 Å². The van der Waals surface area contributed by atoms with Gasteiger partial charge in [0.2, 0.25) is 8.32 Å². The Morgan fingerprint density at radius 3 is 2.71 bits per heavy atom. The van der Waals surface area contributed by atoms with Crippen molar-refractivity contribution in [3.8, 4) is 0 Å². The van der Waals surface area contributed by atoms with Crippen LogP contribution in [0.3, 0.4) is 0 Å². The van der Waals surface area contributed by atoms with E-state index in [1.807, 2.05) is 0 Å². The summed E-state index contributed by atoms with van der Waals surface area (Å²) in [5.74, 6) is 0.629. The van der Waals surface area contributed by atoms with Gasteiger partial charge in [-0.25, -0.2) is 0 Å². The van der Waals surface area contributed by atoms with Crippen LogP contribution < -0.4 is 0 Å². The summed E-state index contributed by atoms with van der Waals surface area (Å²) in [6.07, 6.45) is 3.66. The quantitative estimate of drug-likeness (QED) is 0.684. The second-order valence-electron chi connectivity index (χ2n) is 5.62. The van der Waals surface area contributed by atoms with Crippen LogP contribution in [0.4, 0.5) is 0 Å². The Balaban J connectivity index is 2.48. The van der Waals surface area contributed by atoms with Crippen LogP contribution >= 0.6 is 0 Å². The van der Waals surface area contributed by atoms with E-state index >= 15 is 0 Å². The van der Waals surface area contributed by atoms with Crippen LogP contribution in [-0.4, -0.2) is 47.1 Å². The molecule has 1 unspecified atom stereocenters. The lowest BCUT2D eigenvalue weighted by Gasteiger charge is -2.39. The Kier molecular flexibility index (Phi) is 6.13. The third-order valence-corrected chi connectivity index (χ3v) is 6.08. The highest BCUT2D eigenvalue weighted by molar-refractivity contribution is 6.76. The first-order valence-corrected chi connectivity index (χ1v) is 9.67. The third-order valence-electron chi connectivity index (χ3n) is 3.41. The zero-order valence-electron chi connectivity index (χ0n) is 12.1. The molecule has 0 amide bonds. The predicted molar refractivity (Wildman–Crippen MR) is 74.2 cm³/mol. The summed E-state index contributed by atoms with van der Waals surface area (Å²) in [4.78, 5) is 2.16. The molecular weight excluding hydrogens is 230 g/mol. The van der Waals surface area contributed by atoms with Crippen molar-refractivity contribution in [3.63, 3.8) is 0 Å². The highest BCUT2D eigenvalue weighted by atomic mass is 28.4. The van der Waals surface area contributed by atoms with Crippen molar-refractivity contribution in [2.75, 3.05) is 33.9 Å². The summed E-state index contributed by atoms with van der Waals surface area (Å²) in [7, 11) is 2.38. The molecular formula is C13H28NO2Si. The van der Waals surface area contributed by atoms with Crippen LogP contribution in [0.15, 0.2) is 0 Å². The van der Waals surface area contributed by atoms with Gasteiger partial charge in [-0.1, -0.05) is 13.3 Å². The number of nitrogens with zero attached hydrogens (tertiary/aromatic N) is 1.